The highest BCUT2D eigenvalue weighted by Crippen LogP contribution is 2.26. The van der Waals surface area contributed by atoms with Crippen molar-refractivity contribution in [1.29, 1.82) is 0 Å². The molecule has 5 heteroatoms. The summed E-state index contributed by atoms with van der Waals surface area (Å²) in [4.78, 5) is 12.5. The van der Waals surface area contributed by atoms with E-state index in [2.05, 4.69) is 5.32 Å². The topological polar surface area (TPSA) is 49.3 Å². The third kappa shape index (κ3) is 3.52. The molecule has 1 amide bonds. The number of thiophene rings is 1. The van der Waals surface area contributed by atoms with Crippen molar-refractivity contribution in [3.63, 3.8) is 0 Å². The Balaban J connectivity index is 2.05. The Morgan fingerprint density at radius 2 is 2.26 bits per heavy atom. The summed E-state index contributed by atoms with van der Waals surface area (Å²) in [6.45, 7) is 2.62. The minimum absolute atomic E-state index is 0.124. The summed E-state index contributed by atoms with van der Waals surface area (Å²) >= 11 is 1.28. The second kappa shape index (κ2) is 6.12. The normalized spacial score (nSPS) is 12.6. The maximum Gasteiger partial charge on any atom is 0.261 e. The van der Waals surface area contributed by atoms with Gasteiger partial charge in [0.25, 0.3) is 5.91 Å². The van der Waals surface area contributed by atoms with Crippen molar-refractivity contribution in [3.05, 3.63) is 35.0 Å². The van der Waals surface area contributed by atoms with E-state index in [9.17, 15) is 9.18 Å². The van der Waals surface area contributed by atoms with Crippen LogP contribution in [0, 0.1) is 11.7 Å². The molecular weight excluding hydrogens is 265 g/mol. The molecule has 0 aliphatic rings. The van der Waals surface area contributed by atoms with Crippen molar-refractivity contribution in [2.45, 2.75) is 13.3 Å². The van der Waals surface area contributed by atoms with Gasteiger partial charge in [0.1, 0.15) is 5.82 Å². The summed E-state index contributed by atoms with van der Waals surface area (Å²) in [5.41, 5.74) is 0. The third-order valence-corrected chi connectivity index (χ3v) is 4.04. The molecule has 2 rings (SSSR count). The predicted molar refractivity (Wildman–Crippen MR) is 75.0 cm³/mol. The Kier molecular flexibility index (Phi) is 4.50. The summed E-state index contributed by atoms with van der Waals surface area (Å²) in [5.74, 6) is -0.204. The molecule has 3 nitrogen and oxygen atoms in total. The number of benzene rings is 1. The maximum absolute atomic E-state index is 13.1. The van der Waals surface area contributed by atoms with Gasteiger partial charge in [-0.15, -0.1) is 11.3 Å². The van der Waals surface area contributed by atoms with Gasteiger partial charge >= 0.3 is 0 Å². The number of hydrogen-bond acceptors (Lipinski definition) is 3. The first-order chi connectivity index (χ1) is 9.10. The molecule has 1 aromatic carbocycles. The van der Waals surface area contributed by atoms with Crippen molar-refractivity contribution in [1.82, 2.24) is 5.32 Å². The molecule has 2 aromatic rings. The Hall–Kier alpha value is -1.46. The first kappa shape index (κ1) is 14.0. The Bertz CT molecular complexity index is 582. The standard InChI is InChI=1S/C14H16FNO2S/c1-9(4-5-17)8-16-14(18)13-6-10-2-3-11(15)7-12(10)19-13/h2-3,6-7,9,17H,4-5,8H2,1H3,(H,16,18). The van der Waals surface area contributed by atoms with E-state index in [1.165, 1.54) is 23.5 Å². The number of fused-ring (bicyclic) bond motifs is 1. The maximum atomic E-state index is 13.1. The van der Waals surface area contributed by atoms with Gasteiger partial charge in [0, 0.05) is 17.9 Å². The van der Waals surface area contributed by atoms with Gasteiger partial charge in [-0.25, -0.2) is 4.39 Å². The first-order valence-corrected chi connectivity index (χ1v) is 7.00. The summed E-state index contributed by atoms with van der Waals surface area (Å²) in [5, 5.41) is 12.5. The molecular formula is C14H16FNO2S. The van der Waals surface area contributed by atoms with E-state index in [0.717, 1.165) is 10.1 Å². The van der Waals surface area contributed by atoms with Gasteiger partial charge < -0.3 is 10.4 Å². The fourth-order valence-corrected chi connectivity index (χ4v) is 2.80. The minimum Gasteiger partial charge on any atom is -0.396 e. The second-order valence-electron chi connectivity index (χ2n) is 4.62. The zero-order valence-corrected chi connectivity index (χ0v) is 11.5. The van der Waals surface area contributed by atoms with Crippen molar-refractivity contribution in [2.24, 2.45) is 5.92 Å². The van der Waals surface area contributed by atoms with E-state index in [0.29, 0.717) is 17.8 Å². The number of carbonyl (C=O) groups is 1. The summed E-state index contributed by atoms with van der Waals surface area (Å²) in [6.07, 6.45) is 0.665. The van der Waals surface area contributed by atoms with Crippen LogP contribution in [0.25, 0.3) is 10.1 Å². The molecule has 0 radical (unpaired) electrons. The molecule has 1 heterocycles. The molecule has 0 aliphatic heterocycles. The second-order valence-corrected chi connectivity index (χ2v) is 5.70. The van der Waals surface area contributed by atoms with Gasteiger partial charge in [-0.3, -0.25) is 4.79 Å². The lowest BCUT2D eigenvalue weighted by Crippen LogP contribution is -2.27. The fourth-order valence-electron chi connectivity index (χ4n) is 1.79. The van der Waals surface area contributed by atoms with E-state index >= 15 is 0 Å². The number of carbonyl (C=O) groups excluding carboxylic acids is 1. The van der Waals surface area contributed by atoms with Crippen LogP contribution in [-0.2, 0) is 0 Å². The Morgan fingerprint density at radius 3 is 3.00 bits per heavy atom. The van der Waals surface area contributed by atoms with Crippen LogP contribution in [0.1, 0.15) is 23.0 Å². The van der Waals surface area contributed by atoms with Crippen LogP contribution < -0.4 is 5.32 Å². The zero-order chi connectivity index (χ0) is 13.8. The van der Waals surface area contributed by atoms with Crippen LogP contribution in [-0.4, -0.2) is 24.2 Å². The summed E-state index contributed by atoms with van der Waals surface area (Å²) in [6, 6.07) is 6.27. The van der Waals surface area contributed by atoms with E-state index in [1.807, 2.05) is 6.92 Å². The summed E-state index contributed by atoms with van der Waals surface area (Å²) < 4.78 is 13.8. The molecule has 1 unspecified atom stereocenters. The van der Waals surface area contributed by atoms with Gasteiger partial charge in [0.15, 0.2) is 0 Å². The van der Waals surface area contributed by atoms with E-state index < -0.39 is 0 Å². The smallest absolute Gasteiger partial charge is 0.261 e. The zero-order valence-electron chi connectivity index (χ0n) is 10.6. The van der Waals surface area contributed by atoms with E-state index in [1.54, 1.807) is 12.1 Å². The van der Waals surface area contributed by atoms with Gasteiger partial charge in [0.2, 0.25) is 0 Å². The van der Waals surface area contributed by atoms with Gasteiger partial charge in [-0.1, -0.05) is 13.0 Å². The Morgan fingerprint density at radius 1 is 1.47 bits per heavy atom. The molecule has 0 spiro atoms. The number of aliphatic hydroxyl groups excluding tert-OH is 1. The van der Waals surface area contributed by atoms with Crippen LogP contribution in [0.3, 0.4) is 0 Å². The highest BCUT2D eigenvalue weighted by Gasteiger charge is 2.11. The molecule has 19 heavy (non-hydrogen) atoms. The number of aliphatic hydroxyl groups is 1. The molecule has 0 aliphatic carbocycles. The average Bonchev–Trinajstić information content (AvgIpc) is 2.79. The van der Waals surface area contributed by atoms with Crippen LogP contribution in [0.2, 0.25) is 0 Å². The van der Waals surface area contributed by atoms with Crippen molar-refractivity contribution in [2.75, 3.05) is 13.2 Å². The van der Waals surface area contributed by atoms with E-state index in [-0.39, 0.29) is 24.2 Å². The highest BCUT2D eigenvalue weighted by atomic mass is 32.1. The molecule has 0 fully saturated rings. The molecule has 2 N–H and O–H groups in total. The molecule has 1 aromatic heterocycles. The van der Waals surface area contributed by atoms with Crippen molar-refractivity contribution >= 4 is 27.3 Å². The lowest BCUT2D eigenvalue weighted by molar-refractivity contribution is 0.0949. The monoisotopic (exact) mass is 281 g/mol. The van der Waals surface area contributed by atoms with Gasteiger partial charge in [-0.2, -0.15) is 0 Å². The third-order valence-electron chi connectivity index (χ3n) is 2.94. The lowest BCUT2D eigenvalue weighted by atomic mass is 10.1. The molecule has 102 valence electrons. The quantitative estimate of drug-likeness (QED) is 0.885. The summed E-state index contributed by atoms with van der Waals surface area (Å²) in [7, 11) is 0. The largest absolute Gasteiger partial charge is 0.396 e. The number of amides is 1. The minimum atomic E-state index is -0.294. The molecule has 0 saturated heterocycles. The molecule has 1 atom stereocenters. The molecule has 0 bridgehead atoms. The van der Waals surface area contributed by atoms with Crippen LogP contribution in [0.5, 0.6) is 0 Å². The number of hydrogen-bond donors (Lipinski definition) is 2. The first-order valence-electron chi connectivity index (χ1n) is 6.18. The van der Waals surface area contributed by atoms with Crippen LogP contribution >= 0.6 is 11.3 Å². The van der Waals surface area contributed by atoms with Crippen LogP contribution in [0.4, 0.5) is 4.39 Å². The SMILES string of the molecule is CC(CCO)CNC(=O)c1cc2ccc(F)cc2s1. The Labute approximate surface area is 115 Å². The van der Waals surface area contributed by atoms with Gasteiger partial charge in [0.05, 0.1) is 4.88 Å². The number of halogens is 1. The van der Waals surface area contributed by atoms with Crippen molar-refractivity contribution < 1.29 is 14.3 Å². The highest BCUT2D eigenvalue weighted by molar-refractivity contribution is 7.20. The lowest BCUT2D eigenvalue weighted by Gasteiger charge is -2.09. The fraction of sp³-hybridized carbons (Fsp3) is 0.357. The number of rotatable bonds is 5. The van der Waals surface area contributed by atoms with E-state index in [4.69, 9.17) is 5.11 Å². The van der Waals surface area contributed by atoms with Crippen molar-refractivity contribution in [3.8, 4) is 0 Å². The molecule has 0 saturated carbocycles. The number of nitrogens with one attached hydrogen (secondary N) is 1. The predicted octanol–water partition coefficient (Wildman–Crippen LogP) is 2.79. The average molecular weight is 281 g/mol. The van der Waals surface area contributed by atoms with Gasteiger partial charge in [-0.05, 0) is 35.9 Å². The van der Waals surface area contributed by atoms with Crippen LogP contribution in [0.15, 0.2) is 24.3 Å².